The van der Waals surface area contributed by atoms with Crippen LogP contribution in [0.4, 0.5) is 0 Å². The lowest BCUT2D eigenvalue weighted by Gasteiger charge is -1.99. The monoisotopic (exact) mass is 293 g/mol. The molecule has 0 aliphatic carbocycles. The predicted molar refractivity (Wildman–Crippen MR) is 70.1 cm³/mol. The van der Waals surface area contributed by atoms with Crippen LogP contribution in [-0.4, -0.2) is 5.78 Å². The third kappa shape index (κ3) is 3.47. The second-order valence-corrected chi connectivity index (χ2v) is 4.25. The molecular formula is C13H14BrN2O+. The van der Waals surface area contributed by atoms with E-state index in [2.05, 4.69) is 15.9 Å². The van der Waals surface area contributed by atoms with Gasteiger partial charge in [0.2, 0.25) is 16.9 Å². The van der Waals surface area contributed by atoms with Crippen LogP contribution in [0, 0.1) is 0 Å². The van der Waals surface area contributed by atoms with Gasteiger partial charge >= 0.3 is 0 Å². The summed E-state index contributed by atoms with van der Waals surface area (Å²) in [6.45, 7) is 0.353. The van der Waals surface area contributed by atoms with Crippen molar-refractivity contribution in [3.8, 4) is 0 Å². The maximum Gasteiger partial charge on any atom is 0.248 e. The van der Waals surface area contributed by atoms with Crippen molar-refractivity contribution in [2.45, 2.75) is 6.54 Å². The number of carbonyl (C=O) groups excluding carboxylic acids is 1. The van der Waals surface area contributed by atoms with Gasteiger partial charge in [-0.15, -0.1) is 0 Å². The largest absolute Gasteiger partial charge is 0.344 e. The van der Waals surface area contributed by atoms with Crippen LogP contribution in [0.1, 0.15) is 10.4 Å². The molecule has 0 aliphatic rings. The number of benzene rings is 1. The summed E-state index contributed by atoms with van der Waals surface area (Å²) in [5.74, 6) is 0.109. The molecule has 0 unspecified atom stereocenters. The molecule has 1 aromatic heterocycles. The van der Waals surface area contributed by atoms with E-state index < -0.39 is 0 Å². The van der Waals surface area contributed by atoms with Crippen LogP contribution in [-0.2, 0) is 6.54 Å². The first kappa shape index (κ1) is 13.5. The zero-order valence-corrected chi connectivity index (χ0v) is 10.9. The van der Waals surface area contributed by atoms with Crippen LogP contribution >= 0.6 is 15.9 Å². The van der Waals surface area contributed by atoms with Gasteiger partial charge in [-0.3, -0.25) is 4.79 Å². The van der Waals surface area contributed by atoms with E-state index in [1.165, 1.54) is 0 Å². The minimum Gasteiger partial charge on any atom is -0.344 e. The Balaban J connectivity index is 0.00000144. The molecule has 2 aromatic rings. The first-order valence-corrected chi connectivity index (χ1v) is 5.79. The third-order valence-corrected chi connectivity index (χ3v) is 3.01. The quantitative estimate of drug-likeness (QED) is 0.537. The topological polar surface area (TPSA) is 56.0 Å². The molecule has 0 aliphatic heterocycles. The number of nitrogens with zero attached hydrogens (tertiary/aromatic N) is 1. The van der Waals surface area contributed by atoms with Gasteiger partial charge in [0.15, 0.2) is 6.20 Å². The number of ketones is 1. The van der Waals surface area contributed by atoms with E-state index in [9.17, 15) is 4.79 Å². The van der Waals surface area contributed by atoms with Crippen LogP contribution in [0.5, 0.6) is 0 Å². The highest BCUT2D eigenvalue weighted by molar-refractivity contribution is 9.10. The minimum absolute atomic E-state index is 0. The summed E-state index contributed by atoms with van der Waals surface area (Å²) >= 11 is 3.41. The molecule has 0 atom stereocenters. The highest BCUT2D eigenvalue weighted by Gasteiger charge is 2.13. The molecule has 0 saturated carbocycles. The number of halogens is 1. The summed E-state index contributed by atoms with van der Waals surface area (Å²) in [6, 6.07) is 15.1. The van der Waals surface area contributed by atoms with E-state index in [4.69, 9.17) is 0 Å². The molecule has 17 heavy (non-hydrogen) atoms. The van der Waals surface area contributed by atoms with Crippen LogP contribution in [0.15, 0.2) is 59.3 Å². The van der Waals surface area contributed by atoms with Crippen molar-refractivity contribution in [3.63, 3.8) is 0 Å². The van der Waals surface area contributed by atoms with Crippen LogP contribution in [0.25, 0.3) is 0 Å². The first-order chi connectivity index (χ1) is 7.77. The maximum atomic E-state index is 11.9. The normalized spacial score (nSPS) is 9.47. The highest BCUT2D eigenvalue weighted by atomic mass is 79.9. The molecule has 0 radical (unpaired) electrons. The SMILES string of the molecule is N.O=C(C[n+]1ccccc1Br)c1ccccc1. The second kappa shape index (κ2) is 6.27. The summed E-state index contributed by atoms with van der Waals surface area (Å²) in [6.07, 6.45) is 1.88. The molecule has 4 heteroatoms. The average molecular weight is 294 g/mol. The van der Waals surface area contributed by atoms with Crippen LogP contribution in [0.3, 0.4) is 0 Å². The van der Waals surface area contributed by atoms with Crippen molar-refractivity contribution < 1.29 is 9.36 Å². The van der Waals surface area contributed by atoms with E-state index in [0.29, 0.717) is 6.54 Å². The van der Waals surface area contributed by atoms with Gasteiger partial charge < -0.3 is 6.15 Å². The molecule has 1 aromatic carbocycles. The highest BCUT2D eigenvalue weighted by Crippen LogP contribution is 2.03. The zero-order chi connectivity index (χ0) is 11.4. The Bertz CT molecular complexity index is 500. The second-order valence-electron chi connectivity index (χ2n) is 3.44. The first-order valence-electron chi connectivity index (χ1n) is 4.99. The molecule has 0 saturated heterocycles. The summed E-state index contributed by atoms with van der Waals surface area (Å²) in [5.41, 5.74) is 0.741. The molecular weight excluding hydrogens is 280 g/mol. The zero-order valence-electron chi connectivity index (χ0n) is 9.34. The number of rotatable bonds is 3. The van der Waals surface area contributed by atoms with Crippen molar-refractivity contribution in [2.24, 2.45) is 0 Å². The van der Waals surface area contributed by atoms with Crippen molar-refractivity contribution in [1.82, 2.24) is 6.15 Å². The number of carbonyl (C=O) groups is 1. The summed E-state index contributed by atoms with van der Waals surface area (Å²) in [4.78, 5) is 11.9. The van der Waals surface area contributed by atoms with E-state index >= 15 is 0 Å². The predicted octanol–water partition coefficient (Wildman–Crippen LogP) is 2.78. The fourth-order valence-electron chi connectivity index (χ4n) is 1.45. The lowest BCUT2D eigenvalue weighted by molar-refractivity contribution is -0.694. The number of Topliss-reactive ketones (excluding diaryl/α,β-unsaturated/α-hetero) is 1. The Morgan fingerprint density at radius 1 is 1.06 bits per heavy atom. The Morgan fingerprint density at radius 2 is 1.71 bits per heavy atom. The van der Waals surface area contributed by atoms with E-state index in [1.54, 1.807) is 0 Å². The van der Waals surface area contributed by atoms with Gasteiger partial charge in [0.1, 0.15) is 0 Å². The third-order valence-electron chi connectivity index (χ3n) is 2.29. The molecule has 0 fully saturated rings. The summed E-state index contributed by atoms with van der Waals surface area (Å²) in [5, 5.41) is 0. The van der Waals surface area contributed by atoms with E-state index in [1.807, 2.05) is 59.3 Å². The molecule has 2 rings (SSSR count). The lowest BCUT2D eigenvalue weighted by Crippen LogP contribution is -2.38. The van der Waals surface area contributed by atoms with Crippen molar-refractivity contribution >= 4 is 21.7 Å². The van der Waals surface area contributed by atoms with Crippen LogP contribution < -0.4 is 10.7 Å². The van der Waals surface area contributed by atoms with Gasteiger partial charge in [0.25, 0.3) is 0 Å². The van der Waals surface area contributed by atoms with Gasteiger partial charge in [-0.2, -0.15) is 4.57 Å². The molecule has 1 heterocycles. The van der Waals surface area contributed by atoms with E-state index in [0.717, 1.165) is 10.2 Å². The standard InChI is InChI=1S/C13H11BrNO.H3N/c14-13-8-4-5-9-15(13)10-12(16)11-6-2-1-3-7-11;/h1-9H,10H2;1H3/q+1;. The van der Waals surface area contributed by atoms with Gasteiger partial charge in [-0.1, -0.05) is 30.3 Å². The summed E-state index contributed by atoms with van der Waals surface area (Å²) < 4.78 is 2.77. The average Bonchev–Trinajstić information content (AvgIpc) is 2.33. The Morgan fingerprint density at radius 3 is 2.35 bits per heavy atom. The van der Waals surface area contributed by atoms with E-state index in [-0.39, 0.29) is 11.9 Å². The van der Waals surface area contributed by atoms with Gasteiger partial charge in [0, 0.05) is 33.6 Å². The lowest BCUT2D eigenvalue weighted by atomic mass is 10.1. The molecule has 0 spiro atoms. The molecule has 0 amide bonds. The Labute approximate surface area is 109 Å². The maximum absolute atomic E-state index is 11.9. The number of hydrogen-bond acceptors (Lipinski definition) is 2. The van der Waals surface area contributed by atoms with Crippen molar-refractivity contribution in [2.75, 3.05) is 0 Å². The molecule has 88 valence electrons. The number of hydrogen-bond donors (Lipinski definition) is 1. The fourth-order valence-corrected chi connectivity index (χ4v) is 1.85. The molecule has 3 nitrogen and oxygen atoms in total. The van der Waals surface area contributed by atoms with Crippen molar-refractivity contribution in [1.29, 1.82) is 0 Å². The van der Waals surface area contributed by atoms with Crippen LogP contribution in [0.2, 0.25) is 0 Å². The smallest absolute Gasteiger partial charge is 0.248 e. The fraction of sp³-hybridized carbons (Fsp3) is 0.0769. The number of pyridine rings is 1. The van der Waals surface area contributed by atoms with Gasteiger partial charge in [-0.05, 0) is 6.07 Å². The Kier molecular flexibility index (Phi) is 5.00. The van der Waals surface area contributed by atoms with Crippen molar-refractivity contribution in [3.05, 3.63) is 64.9 Å². The summed E-state index contributed by atoms with van der Waals surface area (Å²) in [7, 11) is 0. The minimum atomic E-state index is 0. The van der Waals surface area contributed by atoms with Gasteiger partial charge in [-0.25, -0.2) is 0 Å². The molecule has 0 bridgehead atoms. The molecule has 3 N–H and O–H groups in total. The number of aromatic nitrogens is 1. The van der Waals surface area contributed by atoms with Gasteiger partial charge in [0.05, 0.1) is 0 Å². The Hall–Kier alpha value is -1.52.